The molecule has 0 aliphatic carbocycles. The number of ether oxygens (including phenoxy) is 1. The molecule has 0 bridgehead atoms. The monoisotopic (exact) mass is 707 g/mol. The molecule has 0 N–H and O–H groups in total. The molecule has 0 radical (unpaired) electrons. The number of nitrogens with zero attached hydrogens (tertiary/aromatic N) is 1. The van der Waals surface area contributed by atoms with Gasteiger partial charge in [0.25, 0.3) is 0 Å². The highest BCUT2D eigenvalue weighted by atomic mass is 31.1. The standard InChI is InChI=1S/C49H58NOP/c1-46(2,3)34-26-35(47(4,5)6)29-38(28-34)52(39-30-36(48(7,8)9)27-37(31-39)49(10,11)12)44-25-19-18-23-41(44)40-22-16-17-24-42(40)45-50-43(32-51-45)33-20-14-13-15-21-33/h13-31,43H,32H2,1-12H3/t43-/m1/s1. The van der Waals surface area contributed by atoms with Crippen LogP contribution >= 0.6 is 7.92 Å². The summed E-state index contributed by atoms with van der Waals surface area (Å²) in [5.41, 5.74) is 10.1. The van der Waals surface area contributed by atoms with Crippen LogP contribution in [0.4, 0.5) is 0 Å². The summed E-state index contributed by atoms with van der Waals surface area (Å²) in [5.74, 6) is 0.720. The van der Waals surface area contributed by atoms with E-state index in [2.05, 4.69) is 198 Å². The molecule has 52 heavy (non-hydrogen) atoms. The van der Waals surface area contributed by atoms with Crippen LogP contribution < -0.4 is 15.9 Å². The topological polar surface area (TPSA) is 21.6 Å². The summed E-state index contributed by atoms with van der Waals surface area (Å²) >= 11 is 0. The summed E-state index contributed by atoms with van der Waals surface area (Å²) in [4.78, 5) is 5.16. The fraction of sp³-hybridized carbons (Fsp3) is 0.367. The van der Waals surface area contributed by atoms with Crippen molar-refractivity contribution in [1.29, 1.82) is 0 Å². The smallest absolute Gasteiger partial charge is 0.217 e. The molecule has 6 rings (SSSR count). The van der Waals surface area contributed by atoms with Gasteiger partial charge in [-0.05, 0) is 90.5 Å². The molecule has 1 aliphatic rings. The number of hydrogen-bond donors (Lipinski definition) is 0. The molecule has 270 valence electrons. The molecule has 3 heteroatoms. The minimum atomic E-state index is -0.994. The zero-order chi connectivity index (χ0) is 37.6. The second-order valence-electron chi connectivity index (χ2n) is 18.6. The van der Waals surface area contributed by atoms with E-state index in [1.807, 2.05) is 0 Å². The average molecular weight is 708 g/mol. The SMILES string of the molecule is CC(C)(C)c1cc(P(c2cc(C(C)(C)C)cc(C(C)(C)C)c2)c2ccccc2-c2ccccc2C2=N[C@@H](c3ccccc3)CO2)cc(C(C)(C)C)c1. The lowest BCUT2D eigenvalue weighted by molar-refractivity contribution is 0.320. The van der Waals surface area contributed by atoms with Crippen molar-refractivity contribution in [2.75, 3.05) is 6.61 Å². The van der Waals surface area contributed by atoms with Crippen LogP contribution in [0.15, 0.2) is 120 Å². The lowest BCUT2D eigenvalue weighted by Crippen LogP contribution is -2.28. The Kier molecular flexibility index (Phi) is 10.2. The highest BCUT2D eigenvalue weighted by Gasteiger charge is 2.30. The first-order valence-electron chi connectivity index (χ1n) is 18.9. The molecule has 5 aromatic carbocycles. The van der Waals surface area contributed by atoms with Gasteiger partial charge in [0.15, 0.2) is 0 Å². The summed E-state index contributed by atoms with van der Waals surface area (Å²) in [6.07, 6.45) is 0. The van der Waals surface area contributed by atoms with E-state index < -0.39 is 7.92 Å². The molecule has 0 fully saturated rings. The molecule has 1 atom stereocenters. The maximum atomic E-state index is 6.41. The molecule has 5 aromatic rings. The molecule has 0 spiro atoms. The van der Waals surface area contributed by atoms with Crippen molar-refractivity contribution in [2.45, 2.75) is 111 Å². The van der Waals surface area contributed by atoms with Gasteiger partial charge in [0.05, 0.1) is 0 Å². The Morgan fingerprint density at radius 2 is 0.885 bits per heavy atom. The molecule has 0 saturated heterocycles. The highest BCUT2D eigenvalue weighted by molar-refractivity contribution is 7.80. The third-order valence-electron chi connectivity index (χ3n) is 10.2. The maximum Gasteiger partial charge on any atom is 0.217 e. The van der Waals surface area contributed by atoms with Crippen LogP contribution in [0.2, 0.25) is 0 Å². The molecule has 0 unspecified atom stereocenters. The van der Waals surface area contributed by atoms with Crippen LogP contribution in [-0.2, 0) is 26.4 Å². The van der Waals surface area contributed by atoms with Crippen molar-refractivity contribution in [3.63, 3.8) is 0 Å². The van der Waals surface area contributed by atoms with Gasteiger partial charge in [0.1, 0.15) is 12.6 Å². The van der Waals surface area contributed by atoms with Gasteiger partial charge >= 0.3 is 0 Å². The van der Waals surface area contributed by atoms with E-state index >= 15 is 0 Å². The van der Waals surface area contributed by atoms with E-state index in [4.69, 9.17) is 9.73 Å². The molecule has 2 nitrogen and oxygen atoms in total. The van der Waals surface area contributed by atoms with Gasteiger partial charge in [0, 0.05) is 5.56 Å². The van der Waals surface area contributed by atoms with Gasteiger partial charge in [-0.3, -0.25) is 0 Å². The minimum Gasteiger partial charge on any atom is -0.475 e. The first kappa shape index (κ1) is 37.7. The van der Waals surface area contributed by atoms with Crippen molar-refractivity contribution in [3.8, 4) is 11.1 Å². The summed E-state index contributed by atoms with van der Waals surface area (Å²) in [6, 6.07) is 43.2. The number of hydrogen-bond acceptors (Lipinski definition) is 2. The Morgan fingerprint density at radius 1 is 0.481 bits per heavy atom. The summed E-state index contributed by atoms with van der Waals surface area (Å²) in [7, 11) is -0.994. The fourth-order valence-corrected chi connectivity index (χ4v) is 9.41. The third kappa shape index (κ3) is 8.14. The van der Waals surface area contributed by atoms with Gasteiger partial charge in [-0.25, -0.2) is 4.99 Å². The Labute approximate surface area is 315 Å². The highest BCUT2D eigenvalue weighted by Crippen LogP contribution is 2.43. The lowest BCUT2D eigenvalue weighted by atomic mass is 9.81. The van der Waals surface area contributed by atoms with Crippen molar-refractivity contribution in [2.24, 2.45) is 4.99 Å². The van der Waals surface area contributed by atoms with Crippen molar-refractivity contribution < 1.29 is 4.74 Å². The minimum absolute atomic E-state index is 0.000207. The fourth-order valence-electron chi connectivity index (χ4n) is 6.81. The van der Waals surface area contributed by atoms with Gasteiger partial charge in [-0.2, -0.15) is 0 Å². The van der Waals surface area contributed by atoms with Crippen LogP contribution in [0.25, 0.3) is 11.1 Å². The van der Waals surface area contributed by atoms with Gasteiger partial charge in [-0.15, -0.1) is 0 Å². The van der Waals surface area contributed by atoms with Gasteiger partial charge in [-0.1, -0.05) is 192 Å². The molecular formula is C49H58NOP. The normalized spacial score (nSPS) is 15.5. The predicted octanol–water partition coefficient (Wildman–Crippen LogP) is 11.8. The van der Waals surface area contributed by atoms with Crippen LogP contribution in [0.3, 0.4) is 0 Å². The van der Waals surface area contributed by atoms with Crippen molar-refractivity contribution >= 4 is 29.7 Å². The third-order valence-corrected chi connectivity index (χ3v) is 12.7. The summed E-state index contributed by atoms with van der Waals surface area (Å²) in [5, 5.41) is 4.13. The van der Waals surface area contributed by atoms with E-state index in [9.17, 15) is 0 Å². The van der Waals surface area contributed by atoms with Crippen LogP contribution in [0, 0.1) is 0 Å². The van der Waals surface area contributed by atoms with E-state index in [-0.39, 0.29) is 27.7 Å². The zero-order valence-corrected chi connectivity index (χ0v) is 34.5. The molecule has 1 aliphatic heterocycles. The van der Waals surface area contributed by atoms with E-state index in [0.29, 0.717) is 6.61 Å². The van der Waals surface area contributed by atoms with E-state index in [1.54, 1.807) is 0 Å². The van der Waals surface area contributed by atoms with Crippen LogP contribution in [0.5, 0.6) is 0 Å². The first-order chi connectivity index (χ1) is 24.3. The number of aliphatic imine (C=N–C) groups is 1. The van der Waals surface area contributed by atoms with Gasteiger partial charge < -0.3 is 4.74 Å². The zero-order valence-electron chi connectivity index (χ0n) is 33.6. The Bertz CT molecular complexity index is 1940. The average Bonchev–Trinajstić information content (AvgIpc) is 3.58. The maximum absolute atomic E-state index is 6.41. The number of rotatable bonds is 6. The Balaban J connectivity index is 1.64. The molecule has 0 amide bonds. The van der Waals surface area contributed by atoms with E-state index in [0.717, 1.165) is 17.0 Å². The Hall–Kier alpha value is -4.00. The van der Waals surface area contributed by atoms with Crippen molar-refractivity contribution in [1.82, 2.24) is 0 Å². The van der Waals surface area contributed by atoms with Crippen molar-refractivity contribution in [3.05, 3.63) is 149 Å². The predicted molar refractivity (Wildman–Crippen MR) is 227 cm³/mol. The Morgan fingerprint density at radius 3 is 1.35 bits per heavy atom. The first-order valence-corrected chi connectivity index (χ1v) is 20.2. The lowest BCUT2D eigenvalue weighted by Gasteiger charge is -2.32. The van der Waals surface area contributed by atoms with Crippen LogP contribution in [-0.4, -0.2) is 12.5 Å². The molecule has 0 aromatic heterocycles. The summed E-state index contributed by atoms with van der Waals surface area (Å²) in [6.45, 7) is 28.6. The summed E-state index contributed by atoms with van der Waals surface area (Å²) < 4.78 is 6.41. The largest absolute Gasteiger partial charge is 0.475 e. The second-order valence-corrected chi connectivity index (χ2v) is 20.8. The number of benzene rings is 5. The molecule has 1 heterocycles. The quantitative estimate of drug-likeness (QED) is 0.161. The van der Waals surface area contributed by atoms with Crippen LogP contribution in [0.1, 0.15) is 123 Å². The molecular weight excluding hydrogens is 650 g/mol. The second kappa shape index (κ2) is 14.1. The van der Waals surface area contributed by atoms with Gasteiger partial charge in [0.2, 0.25) is 5.90 Å². The van der Waals surface area contributed by atoms with E-state index in [1.165, 1.54) is 49.3 Å². The molecule has 0 saturated carbocycles.